The Hall–Kier alpha value is -0.780. The second-order valence-corrected chi connectivity index (χ2v) is 7.56. The van der Waals surface area contributed by atoms with Crippen LogP contribution in [0.15, 0.2) is 4.99 Å². The van der Waals surface area contributed by atoms with Crippen molar-refractivity contribution in [3.8, 4) is 0 Å². The molecule has 6 heteroatoms. The lowest BCUT2D eigenvalue weighted by molar-refractivity contribution is 0.177. The summed E-state index contributed by atoms with van der Waals surface area (Å²) in [4.78, 5) is 4.26. The van der Waals surface area contributed by atoms with Gasteiger partial charge in [-0.1, -0.05) is 6.42 Å². The van der Waals surface area contributed by atoms with Crippen molar-refractivity contribution in [3.05, 3.63) is 0 Å². The lowest BCUT2D eigenvalue weighted by Crippen LogP contribution is -2.42. The van der Waals surface area contributed by atoms with Crippen LogP contribution in [0.1, 0.15) is 33.1 Å². The Bertz CT molecular complexity index is 384. The first-order valence-corrected chi connectivity index (χ1v) is 8.03. The molecule has 0 unspecified atom stereocenters. The van der Waals surface area contributed by atoms with Crippen LogP contribution < -0.4 is 11.1 Å². The molecule has 3 N–H and O–H groups in total. The Kier molecular flexibility index (Phi) is 4.41. The van der Waals surface area contributed by atoms with Crippen LogP contribution in [0, 0.1) is 5.41 Å². The molecular weight excluding hydrogens is 238 g/mol. The van der Waals surface area contributed by atoms with Gasteiger partial charge in [-0.2, -0.15) is 0 Å². The van der Waals surface area contributed by atoms with Crippen LogP contribution in [0.2, 0.25) is 0 Å². The van der Waals surface area contributed by atoms with Gasteiger partial charge in [-0.05, 0) is 26.7 Å². The van der Waals surface area contributed by atoms with Gasteiger partial charge in [0.15, 0.2) is 5.96 Å². The van der Waals surface area contributed by atoms with Gasteiger partial charge in [-0.3, -0.25) is 4.99 Å². The smallest absolute Gasteiger partial charge is 0.188 e. The number of rotatable bonds is 5. The molecule has 0 radical (unpaired) electrons. The van der Waals surface area contributed by atoms with Gasteiger partial charge >= 0.3 is 0 Å². The number of nitrogens with zero attached hydrogens (tertiary/aromatic N) is 1. The van der Waals surface area contributed by atoms with Crippen molar-refractivity contribution < 1.29 is 8.42 Å². The summed E-state index contributed by atoms with van der Waals surface area (Å²) in [5.74, 6) is 0.623. The van der Waals surface area contributed by atoms with Crippen LogP contribution in [-0.2, 0) is 9.84 Å². The summed E-state index contributed by atoms with van der Waals surface area (Å²) in [6.45, 7) is 4.47. The molecule has 0 saturated heterocycles. The summed E-state index contributed by atoms with van der Waals surface area (Å²) >= 11 is 0. The third kappa shape index (κ3) is 4.93. The maximum absolute atomic E-state index is 11.4. The molecule has 100 valence electrons. The van der Waals surface area contributed by atoms with Crippen LogP contribution >= 0.6 is 0 Å². The van der Waals surface area contributed by atoms with Gasteiger partial charge in [0.2, 0.25) is 0 Å². The zero-order chi connectivity index (χ0) is 13.1. The molecule has 0 spiro atoms. The van der Waals surface area contributed by atoms with E-state index < -0.39 is 9.84 Å². The Morgan fingerprint density at radius 2 is 2.06 bits per heavy atom. The first-order chi connectivity index (χ1) is 7.72. The number of guanidine groups is 1. The second-order valence-electron chi connectivity index (χ2n) is 5.42. The van der Waals surface area contributed by atoms with Gasteiger partial charge in [-0.25, -0.2) is 8.42 Å². The van der Waals surface area contributed by atoms with E-state index >= 15 is 0 Å². The summed E-state index contributed by atoms with van der Waals surface area (Å²) in [5.41, 5.74) is 5.54. The lowest BCUT2D eigenvalue weighted by Gasteiger charge is -2.40. The number of sulfone groups is 1. The summed E-state index contributed by atoms with van der Waals surface area (Å²) < 4.78 is 22.7. The molecule has 0 heterocycles. The maximum Gasteiger partial charge on any atom is 0.188 e. The van der Waals surface area contributed by atoms with Gasteiger partial charge in [0.05, 0.1) is 5.75 Å². The quantitative estimate of drug-likeness (QED) is 0.558. The summed E-state index contributed by atoms with van der Waals surface area (Å²) in [6.07, 6.45) is 4.23. The molecule has 1 fully saturated rings. The van der Waals surface area contributed by atoms with Gasteiger partial charge in [0.25, 0.3) is 0 Å². The number of aliphatic imine (C=N–C) groups is 1. The third-order valence-electron chi connectivity index (χ3n) is 3.00. The number of hydrogen-bond donors (Lipinski definition) is 2. The van der Waals surface area contributed by atoms with Gasteiger partial charge < -0.3 is 11.1 Å². The van der Waals surface area contributed by atoms with Crippen molar-refractivity contribution in [2.45, 2.75) is 39.2 Å². The minimum Gasteiger partial charge on any atom is -0.370 e. The van der Waals surface area contributed by atoms with Gasteiger partial charge in [-0.15, -0.1) is 0 Å². The average molecular weight is 261 g/mol. The van der Waals surface area contributed by atoms with E-state index in [2.05, 4.69) is 10.3 Å². The minimum absolute atomic E-state index is 0.170. The summed E-state index contributed by atoms with van der Waals surface area (Å²) in [6, 6.07) is 0.242. The molecule has 0 aliphatic heterocycles. The van der Waals surface area contributed by atoms with E-state index in [0.717, 1.165) is 19.3 Å². The minimum atomic E-state index is -2.94. The largest absolute Gasteiger partial charge is 0.370 e. The second kappa shape index (κ2) is 5.25. The normalized spacial score (nSPS) is 20.1. The first kappa shape index (κ1) is 14.3. The highest BCUT2D eigenvalue weighted by Crippen LogP contribution is 2.42. The van der Waals surface area contributed by atoms with E-state index in [1.807, 2.05) is 13.8 Å². The lowest BCUT2D eigenvalue weighted by atomic mass is 9.70. The van der Waals surface area contributed by atoms with Crippen molar-refractivity contribution in [2.24, 2.45) is 16.1 Å². The summed E-state index contributed by atoms with van der Waals surface area (Å²) in [7, 11) is -2.94. The highest BCUT2D eigenvalue weighted by molar-refractivity contribution is 7.90. The Morgan fingerprint density at radius 1 is 1.47 bits per heavy atom. The highest BCUT2D eigenvalue weighted by Gasteiger charge is 2.39. The SMILES string of the molecule is CC(C)NC(N)=NCC1(CS(C)(=O)=O)CCC1. The predicted octanol–water partition coefficient (Wildman–Crippen LogP) is 0.514. The molecule has 17 heavy (non-hydrogen) atoms. The van der Waals surface area contributed by atoms with Crippen molar-refractivity contribution in [1.82, 2.24) is 5.32 Å². The molecule has 0 aromatic heterocycles. The molecule has 1 aliphatic rings. The fourth-order valence-electron chi connectivity index (χ4n) is 2.18. The Labute approximate surface area is 104 Å². The van der Waals surface area contributed by atoms with E-state index in [1.165, 1.54) is 6.26 Å². The topological polar surface area (TPSA) is 84.5 Å². The van der Waals surface area contributed by atoms with Crippen LogP contribution in [0.4, 0.5) is 0 Å². The number of nitrogens with one attached hydrogen (secondary N) is 1. The Balaban J connectivity index is 2.58. The highest BCUT2D eigenvalue weighted by atomic mass is 32.2. The standard InChI is InChI=1S/C11H23N3O2S/c1-9(2)14-10(12)13-7-11(5-4-6-11)8-17(3,15)16/h9H,4-8H2,1-3H3,(H3,12,13,14). The van der Waals surface area contributed by atoms with Crippen LogP contribution in [0.25, 0.3) is 0 Å². The zero-order valence-electron chi connectivity index (χ0n) is 10.9. The maximum atomic E-state index is 11.4. The van der Waals surface area contributed by atoms with Gasteiger partial charge in [0.1, 0.15) is 9.84 Å². The average Bonchev–Trinajstić information content (AvgIpc) is 2.06. The third-order valence-corrected chi connectivity index (χ3v) is 4.14. The molecule has 0 bridgehead atoms. The van der Waals surface area contributed by atoms with Crippen molar-refractivity contribution >= 4 is 15.8 Å². The number of hydrogen-bond acceptors (Lipinski definition) is 3. The molecule has 1 aliphatic carbocycles. The molecule has 0 aromatic carbocycles. The first-order valence-electron chi connectivity index (χ1n) is 5.97. The molecule has 0 atom stereocenters. The molecular formula is C11H23N3O2S. The van der Waals surface area contributed by atoms with Crippen LogP contribution in [0.3, 0.4) is 0 Å². The molecule has 1 rings (SSSR count). The van der Waals surface area contributed by atoms with Crippen LogP contribution in [0.5, 0.6) is 0 Å². The van der Waals surface area contributed by atoms with Crippen molar-refractivity contribution in [3.63, 3.8) is 0 Å². The fourth-order valence-corrected chi connectivity index (χ4v) is 3.67. The van der Waals surface area contributed by atoms with Crippen molar-refractivity contribution in [1.29, 1.82) is 0 Å². The van der Waals surface area contributed by atoms with E-state index in [9.17, 15) is 8.42 Å². The molecule has 5 nitrogen and oxygen atoms in total. The fraction of sp³-hybridized carbons (Fsp3) is 0.909. The zero-order valence-corrected chi connectivity index (χ0v) is 11.7. The van der Waals surface area contributed by atoms with E-state index in [4.69, 9.17) is 5.73 Å². The van der Waals surface area contributed by atoms with Crippen LogP contribution in [-0.4, -0.2) is 39.0 Å². The van der Waals surface area contributed by atoms with E-state index in [-0.39, 0.29) is 17.2 Å². The Morgan fingerprint density at radius 3 is 2.41 bits per heavy atom. The van der Waals surface area contributed by atoms with E-state index in [1.54, 1.807) is 0 Å². The van der Waals surface area contributed by atoms with E-state index in [0.29, 0.717) is 12.5 Å². The van der Waals surface area contributed by atoms with Crippen molar-refractivity contribution in [2.75, 3.05) is 18.6 Å². The van der Waals surface area contributed by atoms with Gasteiger partial charge in [0, 0.05) is 24.3 Å². The molecule has 0 aromatic rings. The number of nitrogens with two attached hydrogens (primary N) is 1. The predicted molar refractivity (Wildman–Crippen MR) is 70.8 cm³/mol. The molecule has 1 saturated carbocycles. The molecule has 0 amide bonds. The summed E-state index contributed by atoms with van der Waals surface area (Å²) in [5, 5.41) is 3.00. The monoisotopic (exact) mass is 261 g/mol.